The van der Waals surface area contributed by atoms with Gasteiger partial charge < -0.3 is 24.1 Å². The van der Waals surface area contributed by atoms with E-state index < -0.39 is 0 Å². The molecule has 0 amide bonds. The first-order valence-electron chi connectivity index (χ1n) is 10.9. The van der Waals surface area contributed by atoms with Gasteiger partial charge in [-0.05, 0) is 70.1 Å². The van der Waals surface area contributed by atoms with Crippen LogP contribution in [-0.2, 0) is 14.2 Å². The number of hydrogen-bond donors (Lipinski definition) is 1. The molecule has 0 radical (unpaired) electrons. The summed E-state index contributed by atoms with van der Waals surface area (Å²) in [5, 5.41) is 13.7. The van der Waals surface area contributed by atoms with E-state index in [1.165, 1.54) is 5.39 Å². The van der Waals surface area contributed by atoms with Gasteiger partial charge in [-0.2, -0.15) is 0 Å². The monoisotopic (exact) mass is 590 g/mol. The number of methoxy groups -OCH3 is 1. The molecular weight excluding hydrogens is 564 g/mol. The van der Waals surface area contributed by atoms with E-state index in [4.69, 9.17) is 18.9 Å². The summed E-state index contributed by atoms with van der Waals surface area (Å²) in [5.74, 6) is 1.17. The van der Waals surface area contributed by atoms with Gasteiger partial charge in [-0.1, -0.05) is 56.1 Å². The van der Waals surface area contributed by atoms with Crippen molar-refractivity contribution in [2.75, 3.05) is 46.8 Å². The summed E-state index contributed by atoms with van der Waals surface area (Å²) < 4.78 is 23.5. The van der Waals surface area contributed by atoms with Crippen molar-refractivity contribution < 1.29 is 24.1 Å². The molecule has 0 fully saturated rings. The van der Waals surface area contributed by atoms with Crippen molar-refractivity contribution in [3.63, 3.8) is 0 Å². The minimum Gasteiger partial charge on any atom is -0.508 e. The minimum atomic E-state index is 0.310. The molecule has 0 aliphatic carbocycles. The maximum atomic E-state index is 9.19. The van der Waals surface area contributed by atoms with Gasteiger partial charge in [-0.25, -0.2) is 0 Å². The number of hydrogen-bond acceptors (Lipinski definition) is 5. The van der Waals surface area contributed by atoms with E-state index in [9.17, 15) is 5.11 Å². The summed E-state index contributed by atoms with van der Waals surface area (Å²) in [5.41, 5.74) is 0. The number of rotatable bonds is 10. The Bertz CT molecular complexity index is 1140. The lowest BCUT2D eigenvalue weighted by Crippen LogP contribution is -2.12. The normalized spacial score (nSPS) is 10.8. The van der Waals surface area contributed by atoms with Crippen LogP contribution in [0.3, 0.4) is 0 Å². The molecule has 0 bridgehead atoms. The number of phenols is 1. The van der Waals surface area contributed by atoms with E-state index >= 15 is 0 Å². The third kappa shape index (κ3) is 8.89. The van der Waals surface area contributed by atoms with Gasteiger partial charge in [0.2, 0.25) is 0 Å². The maximum absolute atomic E-state index is 9.19. The lowest BCUT2D eigenvalue weighted by atomic mass is 10.1. The SMILES string of the molecule is COCCOCCOCCOc1ccc2cc(Br)ccc2c1.Oc1ccc2cc(Br)ccc2c1. The molecule has 5 nitrogen and oxygen atoms in total. The Morgan fingerprint density at radius 1 is 0.588 bits per heavy atom. The predicted octanol–water partition coefficient (Wildman–Crippen LogP) is 6.97. The molecule has 0 aliphatic heterocycles. The highest BCUT2D eigenvalue weighted by molar-refractivity contribution is 9.10. The van der Waals surface area contributed by atoms with Crippen LogP contribution in [0.25, 0.3) is 21.5 Å². The van der Waals surface area contributed by atoms with Crippen LogP contribution >= 0.6 is 31.9 Å². The quantitative estimate of drug-likeness (QED) is 0.202. The average molecular weight is 592 g/mol. The van der Waals surface area contributed by atoms with E-state index in [0.29, 0.717) is 45.4 Å². The fourth-order valence-corrected chi connectivity index (χ4v) is 3.93. The fourth-order valence-electron chi connectivity index (χ4n) is 3.17. The van der Waals surface area contributed by atoms with Gasteiger partial charge in [0.1, 0.15) is 18.1 Å². The lowest BCUT2D eigenvalue weighted by Gasteiger charge is -2.08. The lowest BCUT2D eigenvalue weighted by molar-refractivity contribution is 0.0180. The van der Waals surface area contributed by atoms with Crippen molar-refractivity contribution >= 4 is 53.4 Å². The van der Waals surface area contributed by atoms with Gasteiger partial charge >= 0.3 is 0 Å². The second-order valence-corrected chi connectivity index (χ2v) is 9.23. The number of phenolic OH excluding ortho intramolecular Hbond substituents is 1. The minimum absolute atomic E-state index is 0.310. The highest BCUT2D eigenvalue weighted by Gasteiger charge is 1.99. The zero-order valence-corrected chi connectivity index (χ0v) is 22.2. The van der Waals surface area contributed by atoms with Crippen molar-refractivity contribution in [1.29, 1.82) is 0 Å². The van der Waals surface area contributed by atoms with Gasteiger partial charge in [-0.3, -0.25) is 0 Å². The maximum Gasteiger partial charge on any atom is 0.120 e. The fraction of sp³-hybridized carbons (Fsp3) is 0.259. The van der Waals surface area contributed by atoms with Gasteiger partial charge in [0, 0.05) is 16.1 Å². The van der Waals surface area contributed by atoms with E-state index in [2.05, 4.69) is 50.1 Å². The van der Waals surface area contributed by atoms with Crippen LogP contribution in [0.1, 0.15) is 0 Å². The Morgan fingerprint density at radius 3 is 1.74 bits per heavy atom. The molecule has 0 spiro atoms. The molecule has 0 heterocycles. The summed E-state index contributed by atoms with van der Waals surface area (Å²) in [6.07, 6.45) is 0. The molecule has 0 saturated carbocycles. The van der Waals surface area contributed by atoms with Crippen molar-refractivity contribution in [3.05, 3.63) is 81.7 Å². The standard InChI is InChI=1S/C17H21BrO4.C10H7BrO/c1-19-6-7-20-8-9-21-10-11-22-17-5-3-14-12-16(18)4-2-15(14)13-17;11-9-3-1-8-6-10(12)4-2-7(8)5-9/h2-5,12-13H,6-11H2,1H3;1-6,12H. The van der Waals surface area contributed by atoms with Crippen LogP contribution < -0.4 is 4.74 Å². The number of ether oxygens (including phenoxy) is 4. The van der Waals surface area contributed by atoms with Crippen LogP contribution in [0.15, 0.2) is 81.7 Å². The van der Waals surface area contributed by atoms with Crippen LogP contribution in [0.5, 0.6) is 11.5 Å². The molecule has 0 atom stereocenters. The van der Waals surface area contributed by atoms with E-state index in [0.717, 1.165) is 30.9 Å². The second-order valence-electron chi connectivity index (χ2n) is 7.40. The summed E-state index contributed by atoms with van der Waals surface area (Å²) in [6.45, 7) is 3.43. The summed E-state index contributed by atoms with van der Waals surface area (Å²) >= 11 is 6.86. The van der Waals surface area contributed by atoms with E-state index in [-0.39, 0.29) is 0 Å². The zero-order chi connectivity index (χ0) is 24.2. The molecule has 34 heavy (non-hydrogen) atoms. The molecule has 0 aliphatic rings. The van der Waals surface area contributed by atoms with Crippen molar-refractivity contribution in [3.8, 4) is 11.5 Å². The number of halogens is 2. The zero-order valence-electron chi connectivity index (χ0n) is 19.0. The Hall–Kier alpha value is -2.16. The second kappa shape index (κ2) is 14.3. The first-order chi connectivity index (χ1) is 16.5. The first-order valence-corrected chi connectivity index (χ1v) is 12.5. The third-order valence-electron chi connectivity index (χ3n) is 4.86. The van der Waals surface area contributed by atoms with Crippen molar-refractivity contribution in [2.45, 2.75) is 0 Å². The number of aromatic hydroxyl groups is 1. The highest BCUT2D eigenvalue weighted by Crippen LogP contribution is 2.24. The highest BCUT2D eigenvalue weighted by atomic mass is 79.9. The Morgan fingerprint density at radius 2 is 1.09 bits per heavy atom. The molecule has 4 aromatic rings. The number of fused-ring (bicyclic) bond motifs is 2. The summed E-state index contributed by atoms with van der Waals surface area (Å²) in [4.78, 5) is 0. The molecule has 0 saturated heterocycles. The largest absolute Gasteiger partial charge is 0.508 e. The third-order valence-corrected chi connectivity index (χ3v) is 5.85. The Kier molecular flexibility index (Phi) is 11.1. The molecule has 4 rings (SSSR count). The summed E-state index contributed by atoms with van der Waals surface area (Å²) in [6, 6.07) is 23.5. The topological polar surface area (TPSA) is 57.2 Å². The molecule has 4 aromatic carbocycles. The van der Waals surface area contributed by atoms with E-state index in [1.807, 2.05) is 42.5 Å². The van der Waals surface area contributed by atoms with Gasteiger partial charge in [-0.15, -0.1) is 0 Å². The van der Waals surface area contributed by atoms with Crippen molar-refractivity contribution in [1.82, 2.24) is 0 Å². The molecule has 7 heteroatoms. The van der Waals surface area contributed by atoms with Gasteiger partial charge in [0.05, 0.1) is 33.0 Å². The van der Waals surface area contributed by atoms with Crippen LogP contribution in [-0.4, -0.2) is 51.9 Å². The van der Waals surface area contributed by atoms with Crippen LogP contribution in [0.4, 0.5) is 0 Å². The molecule has 0 aromatic heterocycles. The molecule has 180 valence electrons. The molecule has 1 N–H and O–H groups in total. The first kappa shape index (κ1) is 26.4. The molecule has 0 unspecified atom stereocenters. The smallest absolute Gasteiger partial charge is 0.120 e. The van der Waals surface area contributed by atoms with Crippen LogP contribution in [0, 0.1) is 0 Å². The number of benzene rings is 4. The molecular formula is C27H28Br2O5. The van der Waals surface area contributed by atoms with Gasteiger partial charge in [0.15, 0.2) is 0 Å². The van der Waals surface area contributed by atoms with Crippen molar-refractivity contribution in [2.24, 2.45) is 0 Å². The summed E-state index contributed by atoms with van der Waals surface area (Å²) in [7, 11) is 1.66. The average Bonchev–Trinajstić information content (AvgIpc) is 2.83. The van der Waals surface area contributed by atoms with Crippen LogP contribution in [0.2, 0.25) is 0 Å². The van der Waals surface area contributed by atoms with Gasteiger partial charge in [0.25, 0.3) is 0 Å². The van der Waals surface area contributed by atoms with E-state index in [1.54, 1.807) is 19.2 Å². The Labute approximate surface area is 216 Å². The predicted molar refractivity (Wildman–Crippen MR) is 144 cm³/mol. The Balaban J connectivity index is 0.000000226.